The van der Waals surface area contributed by atoms with Gasteiger partial charge in [-0.05, 0) is 32.9 Å². The minimum Gasteiger partial charge on any atom is -0.333 e. The van der Waals surface area contributed by atoms with Gasteiger partial charge in [0.1, 0.15) is 0 Å². The molecule has 2 rings (SSSR count). The highest BCUT2D eigenvalue weighted by Crippen LogP contribution is 2.22. The van der Waals surface area contributed by atoms with Crippen molar-refractivity contribution in [2.75, 3.05) is 33.2 Å². The van der Waals surface area contributed by atoms with Crippen LogP contribution in [0.1, 0.15) is 13.3 Å². The minimum absolute atomic E-state index is 0.0516. The molecule has 3 atom stereocenters. The predicted octanol–water partition coefficient (Wildman–Crippen LogP) is -0.321. The van der Waals surface area contributed by atoms with Crippen LogP contribution in [0.25, 0.3) is 0 Å². The Morgan fingerprint density at radius 2 is 2.31 bits per heavy atom. The van der Waals surface area contributed by atoms with Gasteiger partial charge < -0.3 is 20.9 Å². The lowest BCUT2D eigenvalue weighted by Gasteiger charge is -2.19. The largest absolute Gasteiger partial charge is 0.333 e. The summed E-state index contributed by atoms with van der Waals surface area (Å²) in [7, 11) is 2.14. The molecule has 2 heterocycles. The average Bonchev–Trinajstić information content (AvgIpc) is 2.74. The fraction of sp³-hybridized carbons (Fsp3) is 0.909. The van der Waals surface area contributed by atoms with E-state index in [4.69, 9.17) is 5.73 Å². The number of urea groups is 1. The molecule has 2 fully saturated rings. The van der Waals surface area contributed by atoms with Crippen LogP contribution in [0.4, 0.5) is 4.79 Å². The van der Waals surface area contributed by atoms with Crippen molar-refractivity contribution in [1.29, 1.82) is 0 Å². The second-order valence-electron chi connectivity index (χ2n) is 5.25. The molecule has 16 heavy (non-hydrogen) atoms. The maximum absolute atomic E-state index is 11.7. The van der Waals surface area contributed by atoms with E-state index in [2.05, 4.69) is 17.3 Å². The Morgan fingerprint density at radius 3 is 2.88 bits per heavy atom. The van der Waals surface area contributed by atoms with Crippen molar-refractivity contribution >= 4 is 6.03 Å². The number of carbonyl (C=O) groups excluding carboxylic acids is 1. The number of hydrogen-bond acceptors (Lipinski definition) is 3. The van der Waals surface area contributed by atoms with Crippen molar-refractivity contribution in [2.24, 2.45) is 11.7 Å². The van der Waals surface area contributed by atoms with Crippen LogP contribution >= 0.6 is 0 Å². The molecule has 0 aliphatic carbocycles. The molecule has 5 nitrogen and oxygen atoms in total. The number of amides is 2. The maximum atomic E-state index is 11.7. The minimum atomic E-state index is 0.0516. The van der Waals surface area contributed by atoms with Gasteiger partial charge in [-0.15, -0.1) is 0 Å². The third-order valence-corrected chi connectivity index (χ3v) is 3.52. The number of nitrogens with zero attached hydrogens (tertiary/aromatic N) is 2. The van der Waals surface area contributed by atoms with Gasteiger partial charge >= 0.3 is 6.03 Å². The van der Waals surface area contributed by atoms with Gasteiger partial charge in [0.15, 0.2) is 0 Å². The Morgan fingerprint density at radius 1 is 1.56 bits per heavy atom. The van der Waals surface area contributed by atoms with E-state index in [1.165, 1.54) is 6.42 Å². The fourth-order valence-corrected chi connectivity index (χ4v) is 2.69. The first-order valence-corrected chi connectivity index (χ1v) is 6.06. The first-order valence-electron chi connectivity index (χ1n) is 6.06. The van der Waals surface area contributed by atoms with Crippen molar-refractivity contribution in [3.63, 3.8) is 0 Å². The molecule has 2 aliphatic rings. The van der Waals surface area contributed by atoms with E-state index in [9.17, 15) is 4.79 Å². The highest BCUT2D eigenvalue weighted by atomic mass is 16.2. The molecule has 0 spiro atoms. The molecule has 5 heteroatoms. The zero-order valence-corrected chi connectivity index (χ0v) is 10.1. The van der Waals surface area contributed by atoms with Crippen LogP contribution in [0.15, 0.2) is 0 Å². The number of rotatable bonds is 3. The molecule has 2 aliphatic heterocycles. The average molecular weight is 226 g/mol. The van der Waals surface area contributed by atoms with Crippen LogP contribution in [0.2, 0.25) is 0 Å². The third-order valence-electron chi connectivity index (χ3n) is 3.52. The highest BCUT2D eigenvalue weighted by molar-refractivity contribution is 5.77. The van der Waals surface area contributed by atoms with Gasteiger partial charge in [0.2, 0.25) is 0 Å². The molecule has 0 aromatic carbocycles. The van der Waals surface area contributed by atoms with E-state index in [1.807, 2.05) is 11.8 Å². The first-order chi connectivity index (χ1) is 7.56. The van der Waals surface area contributed by atoms with Gasteiger partial charge in [0, 0.05) is 25.7 Å². The van der Waals surface area contributed by atoms with E-state index in [1.54, 1.807) is 0 Å². The normalized spacial score (nSPS) is 33.2. The van der Waals surface area contributed by atoms with Crippen molar-refractivity contribution in [2.45, 2.75) is 25.4 Å². The van der Waals surface area contributed by atoms with E-state index < -0.39 is 0 Å². The molecule has 0 aromatic heterocycles. The summed E-state index contributed by atoms with van der Waals surface area (Å²) in [5.74, 6) is 0.604. The Kier molecular flexibility index (Phi) is 3.35. The number of likely N-dealkylation sites (tertiary alicyclic amines) is 1. The highest BCUT2D eigenvalue weighted by Gasteiger charge is 2.36. The van der Waals surface area contributed by atoms with E-state index >= 15 is 0 Å². The van der Waals surface area contributed by atoms with Crippen molar-refractivity contribution in [3.05, 3.63) is 0 Å². The summed E-state index contributed by atoms with van der Waals surface area (Å²) in [6.45, 7) is 5.65. The van der Waals surface area contributed by atoms with Gasteiger partial charge in [0.05, 0.1) is 6.04 Å². The molecule has 0 saturated carbocycles. The monoisotopic (exact) mass is 226 g/mol. The molecule has 0 aromatic rings. The van der Waals surface area contributed by atoms with E-state index in [0.29, 0.717) is 18.5 Å². The second kappa shape index (κ2) is 4.59. The van der Waals surface area contributed by atoms with Gasteiger partial charge in [-0.25, -0.2) is 4.79 Å². The summed E-state index contributed by atoms with van der Waals surface area (Å²) < 4.78 is 0. The molecule has 2 amide bonds. The Balaban J connectivity index is 1.88. The van der Waals surface area contributed by atoms with E-state index in [0.717, 1.165) is 19.6 Å². The van der Waals surface area contributed by atoms with Gasteiger partial charge in [-0.1, -0.05) is 0 Å². The van der Waals surface area contributed by atoms with Gasteiger partial charge in [-0.2, -0.15) is 0 Å². The first kappa shape index (κ1) is 11.7. The lowest BCUT2D eigenvalue weighted by molar-refractivity contribution is 0.215. The predicted molar refractivity (Wildman–Crippen MR) is 63.1 cm³/mol. The van der Waals surface area contributed by atoms with Gasteiger partial charge in [-0.3, -0.25) is 0 Å². The second-order valence-corrected chi connectivity index (χ2v) is 5.25. The summed E-state index contributed by atoms with van der Waals surface area (Å²) in [6.07, 6.45) is 1.19. The van der Waals surface area contributed by atoms with Crippen LogP contribution in [-0.4, -0.2) is 61.1 Å². The summed E-state index contributed by atoms with van der Waals surface area (Å²) in [6, 6.07) is 0.420. The molecule has 0 radical (unpaired) electrons. The quantitative estimate of drug-likeness (QED) is 0.693. The Hall–Kier alpha value is -0.810. The Bertz CT molecular complexity index is 269. The summed E-state index contributed by atoms with van der Waals surface area (Å²) in [5, 5.41) is 3.08. The number of hydrogen-bond donors (Lipinski definition) is 2. The van der Waals surface area contributed by atoms with Crippen molar-refractivity contribution in [1.82, 2.24) is 15.1 Å². The topological polar surface area (TPSA) is 61.6 Å². The van der Waals surface area contributed by atoms with Crippen molar-refractivity contribution in [3.8, 4) is 0 Å². The number of nitrogens with one attached hydrogen (secondary N) is 1. The Labute approximate surface area is 96.9 Å². The lowest BCUT2D eigenvalue weighted by atomic mass is 10.00. The van der Waals surface area contributed by atoms with Gasteiger partial charge in [0.25, 0.3) is 0 Å². The van der Waals surface area contributed by atoms with E-state index in [-0.39, 0.29) is 12.1 Å². The zero-order valence-electron chi connectivity index (χ0n) is 10.1. The van der Waals surface area contributed by atoms with Crippen LogP contribution in [-0.2, 0) is 0 Å². The van der Waals surface area contributed by atoms with Crippen LogP contribution in [0.3, 0.4) is 0 Å². The molecule has 92 valence electrons. The summed E-state index contributed by atoms with van der Waals surface area (Å²) in [5.41, 5.74) is 5.73. The van der Waals surface area contributed by atoms with Crippen LogP contribution < -0.4 is 11.1 Å². The maximum Gasteiger partial charge on any atom is 0.317 e. The fourth-order valence-electron chi connectivity index (χ4n) is 2.69. The summed E-state index contributed by atoms with van der Waals surface area (Å²) >= 11 is 0. The van der Waals surface area contributed by atoms with Crippen LogP contribution in [0, 0.1) is 5.92 Å². The molecule has 3 N–H and O–H groups in total. The smallest absolute Gasteiger partial charge is 0.317 e. The SMILES string of the molecule is CC(N)CN1CC(C2CCN(C)C2)NC1=O. The summed E-state index contributed by atoms with van der Waals surface area (Å²) in [4.78, 5) is 15.9. The molecular formula is C11H22N4O. The van der Waals surface area contributed by atoms with Crippen molar-refractivity contribution < 1.29 is 4.79 Å². The number of carbonyl (C=O) groups is 1. The third kappa shape index (κ3) is 2.47. The molecule has 3 unspecified atom stereocenters. The lowest BCUT2D eigenvalue weighted by Crippen LogP contribution is -2.37. The molecule has 2 saturated heterocycles. The standard InChI is InChI=1S/C11H22N4O/c1-8(12)5-15-7-10(13-11(15)16)9-3-4-14(2)6-9/h8-10H,3-7,12H2,1-2H3,(H,13,16). The van der Waals surface area contributed by atoms with Crippen LogP contribution in [0.5, 0.6) is 0 Å². The number of nitrogens with two attached hydrogens (primary N) is 1. The molecule has 0 bridgehead atoms. The zero-order chi connectivity index (χ0) is 11.7. The molecular weight excluding hydrogens is 204 g/mol.